The molecule has 2 fully saturated rings. The molecule has 0 spiro atoms. The first-order valence-corrected chi connectivity index (χ1v) is 13.6. The Labute approximate surface area is 210 Å². The van der Waals surface area contributed by atoms with Crippen LogP contribution in [-0.2, 0) is 24.3 Å². The summed E-state index contributed by atoms with van der Waals surface area (Å²) in [5.41, 5.74) is 0.615. The van der Waals surface area contributed by atoms with Gasteiger partial charge in [0.25, 0.3) is 0 Å². The molecule has 0 unspecified atom stereocenters. The van der Waals surface area contributed by atoms with E-state index < -0.39 is 21.7 Å². The number of rotatable bonds is 8. The predicted molar refractivity (Wildman–Crippen MR) is 134 cm³/mol. The Kier molecular flexibility index (Phi) is 8.86. The first-order valence-electron chi connectivity index (χ1n) is 12.2. The van der Waals surface area contributed by atoms with Crippen LogP contribution in [0.5, 0.6) is 5.75 Å². The van der Waals surface area contributed by atoms with Crippen LogP contribution in [0.1, 0.15) is 37.8 Å². The van der Waals surface area contributed by atoms with Crippen molar-refractivity contribution in [1.29, 1.82) is 0 Å². The maximum Gasteiger partial charge on any atom is 0.248 e. The Bertz CT molecular complexity index is 981. The van der Waals surface area contributed by atoms with E-state index in [1.54, 1.807) is 38.0 Å². The van der Waals surface area contributed by atoms with E-state index in [0.717, 1.165) is 25.9 Å². The van der Waals surface area contributed by atoms with Crippen molar-refractivity contribution in [2.24, 2.45) is 0 Å². The first-order chi connectivity index (χ1) is 16.4. The van der Waals surface area contributed by atoms with Gasteiger partial charge in [-0.1, -0.05) is 0 Å². The maximum atomic E-state index is 13.9. The van der Waals surface area contributed by atoms with Gasteiger partial charge in [-0.25, -0.2) is 8.42 Å². The highest BCUT2D eigenvalue weighted by Crippen LogP contribution is 2.32. The lowest BCUT2D eigenvalue weighted by atomic mass is 10.0. The summed E-state index contributed by atoms with van der Waals surface area (Å²) in [7, 11) is 1.63. The quantitative estimate of drug-likeness (QED) is 0.528. The van der Waals surface area contributed by atoms with Gasteiger partial charge in [-0.15, -0.1) is 0 Å². The highest BCUT2D eigenvalue weighted by Gasteiger charge is 2.42. The molecule has 0 aromatic heterocycles. The lowest BCUT2D eigenvalue weighted by Crippen LogP contribution is -2.57. The molecule has 198 valence electrons. The molecule has 0 aliphatic carbocycles. The van der Waals surface area contributed by atoms with Crippen LogP contribution in [0.2, 0.25) is 0 Å². The van der Waals surface area contributed by atoms with Crippen LogP contribution in [0.25, 0.3) is 0 Å². The lowest BCUT2D eigenvalue weighted by Gasteiger charge is -2.43. The normalized spacial score (nSPS) is 22.2. The van der Waals surface area contributed by atoms with Crippen LogP contribution in [-0.4, -0.2) is 107 Å². The van der Waals surface area contributed by atoms with Crippen LogP contribution >= 0.6 is 0 Å². The van der Waals surface area contributed by atoms with Crippen molar-refractivity contribution in [1.82, 2.24) is 14.1 Å². The van der Waals surface area contributed by atoms with E-state index in [2.05, 4.69) is 11.9 Å². The number of nitrogens with zero attached hydrogens (tertiary/aromatic N) is 3. The van der Waals surface area contributed by atoms with Gasteiger partial charge in [-0.05, 0) is 83.9 Å². The molecule has 2 aliphatic rings. The van der Waals surface area contributed by atoms with E-state index >= 15 is 0 Å². The molecule has 0 N–H and O–H groups in total. The number of benzene rings is 1. The minimum absolute atomic E-state index is 0.0799. The highest BCUT2D eigenvalue weighted by atomic mass is 32.2. The second-order valence-electron chi connectivity index (χ2n) is 10.4. The number of methoxy groups -OCH3 is 1. The molecule has 10 heteroatoms. The molecule has 2 heterocycles. The van der Waals surface area contributed by atoms with Gasteiger partial charge in [0.1, 0.15) is 12.4 Å². The standard InChI is InChI=1S/C25H41N3O6S/c1-18-12-22(32-7)13-19(2)24(18)35(30,31)28-17-25(3,4)34-15-21(28)14-33-16-23(29)27(6)20-8-10-26(5)11-9-20/h12-13,20-21H,8-11,14-17H2,1-7H3/t21-/m1/s1. The number of hydrogen-bond acceptors (Lipinski definition) is 7. The number of ether oxygens (including phenoxy) is 3. The predicted octanol–water partition coefficient (Wildman–Crippen LogP) is 2.05. The van der Waals surface area contributed by atoms with Crippen molar-refractivity contribution in [3.8, 4) is 5.75 Å². The van der Waals surface area contributed by atoms with Crippen LogP contribution in [0.3, 0.4) is 0 Å². The molecule has 0 radical (unpaired) electrons. The van der Waals surface area contributed by atoms with Gasteiger partial charge in [-0.3, -0.25) is 4.79 Å². The number of aryl methyl sites for hydroxylation is 2. The summed E-state index contributed by atoms with van der Waals surface area (Å²) in [5, 5.41) is 0. The Morgan fingerprint density at radius 1 is 1.20 bits per heavy atom. The molecule has 1 aromatic rings. The molecule has 0 bridgehead atoms. The minimum atomic E-state index is -3.84. The van der Waals surface area contributed by atoms with Crippen molar-refractivity contribution in [3.05, 3.63) is 23.3 Å². The zero-order chi connectivity index (χ0) is 26.0. The fourth-order valence-electron chi connectivity index (χ4n) is 4.89. The number of carbonyl (C=O) groups excluding carboxylic acids is 1. The Balaban J connectivity index is 1.71. The Hall–Kier alpha value is -1.72. The van der Waals surface area contributed by atoms with Gasteiger partial charge in [0.15, 0.2) is 0 Å². The van der Waals surface area contributed by atoms with E-state index in [1.807, 2.05) is 20.9 Å². The molecule has 1 atom stereocenters. The van der Waals surface area contributed by atoms with E-state index in [9.17, 15) is 13.2 Å². The summed E-state index contributed by atoms with van der Waals surface area (Å²) in [5.74, 6) is 0.529. The number of amides is 1. The topological polar surface area (TPSA) is 88.6 Å². The van der Waals surface area contributed by atoms with E-state index in [1.165, 1.54) is 4.31 Å². The molecule has 0 saturated carbocycles. The van der Waals surface area contributed by atoms with Crippen molar-refractivity contribution < 1.29 is 27.4 Å². The molecule has 1 aromatic carbocycles. The Morgan fingerprint density at radius 3 is 2.37 bits per heavy atom. The van der Waals surface area contributed by atoms with Gasteiger partial charge >= 0.3 is 0 Å². The smallest absolute Gasteiger partial charge is 0.248 e. The summed E-state index contributed by atoms with van der Waals surface area (Å²) in [6, 6.07) is 3.14. The zero-order valence-electron chi connectivity index (χ0n) is 22.2. The highest BCUT2D eigenvalue weighted by molar-refractivity contribution is 7.89. The summed E-state index contributed by atoms with van der Waals surface area (Å²) in [6.07, 6.45) is 1.88. The van der Waals surface area contributed by atoms with Crippen molar-refractivity contribution in [2.75, 3.05) is 60.7 Å². The zero-order valence-corrected chi connectivity index (χ0v) is 23.0. The summed E-state index contributed by atoms with van der Waals surface area (Å²) >= 11 is 0. The molecule has 9 nitrogen and oxygen atoms in total. The monoisotopic (exact) mass is 511 g/mol. The number of likely N-dealkylation sites (N-methyl/N-ethyl adjacent to an activating group) is 1. The number of hydrogen-bond donors (Lipinski definition) is 0. The third kappa shape index (κ3) is 6.54. The molecular formula is C25H41N3O6S. The third-order valence-corrected chi connectivity index (χ3v) is 9.22. The maximum absolute atomic E-state index is 13.9. The van der Waals surface area contributed by atoms with Gasteiger partial charge in [-0.2, -0.15) is 4.31 Å². The van der Waals surface area contributed by atoms with Crippen molar-refractivity contribution in [2.45, 2.75) is 63.1 Å². The molecule has 3 rings (SSSR count). The first kappa shape index (κ1) is 27.9. The number of morpholine rings is 1. The molecule has 1 amide bonds. The average molecular weight is 512 g/mol. The van der Waals surface area contributed by atoms with E-state index in [-0.39, 0.29) is 43.2 Å². The van der Waals surface area contributed by atoms with Crippen LogP contribution in [0.15, 0.2) is 17.0 Å². The molecular weight excluding hydrogens is 470 g/mol. The van der Waals surface area contributed by atoms with Crippen LogP contribution in [0.4, 0.5) is 0 Å². The summed E-state index contributed by atoms with van der Waals surface area (Å²) < 4.78 is 46.2. The van der Waals surface area contributed by atoms with Crippen LogP contribution in [0, 0.1) is 13.8 Å². The number of carbonyl (C=O) groups is 1. The second-order valence-corrected chi connectivity index (χ2v) is 12.2. The van der Waals surface area contributed by atoms with Crippen molar-refractivity contribution >= 4 is 15.9 Å². The van der Waals surface area contributed by atoms with E-state index in [0.29, 0.717) is 16.9 Å². The second kappa shape index (κ2) is 11.1. The minimum Gasteiger partial charge on any atom is -0.497 e. The third-order valence-electron chi connectivity index (χ3n) is 7.01. The fraction of sp³-hybridized carbons (Fsp3) is 0.720. The fourth-order valence-corrected chi connectivity index (χ4v) is 7.05. The summed E-state index contributed by atoms with van der Waals surface area (Å²) in [6.45, 7) is 9.62. The van der Waals surface area contributed by atoms with Crippen LogP contribution < -0.4 is 4.74 Å². The van der Waals surface area contributed by atoms with Gasteiger partial charge < -0.3 is 24.0 Å². The lowest BCUT2D eigenvalue weighted by molar-refractivity contribution is -0.140. The largest absolute Gasteiger partial charge is 0.497 e. The van der Waals surface area contributed by atoms with E-state index in [4.69, 9.17) is 14.2 Å². The molecule has 35 heavy (non-hydrogen) atoms. The van der Waals surface area contributed by atoms with Gasteiger partial charge in [0.2, 0.25) is 15.9 Å². The van der Waals surface area contributed by atoms with Gasteiger partial charge in [0.05, 0.1) is 36.9 Å². The summed E-state index contributed by atoms with van der Waals surface area (Å²) in [4.78, 5) is 17.0. The number of likely N-dealkylation sites (tertiary alicyclic amines) is 1. The Morgan fingerprint density at radius 2 is 1.80 bits per heavy atom. The molecule has 2 saturated heterocycles. The SMILES string of the molecule is COc1cc(C)c(S(=O)(=O)N2CC(C)(C)OC[C@H]2COCC(=O)N(C)C2CCN(C)CC2)c(C)c1. The van der Waals surface area contributed by atoms with Crippen molar-refractivity contribution in [3.63, 3.8) is 0 Å². The molecule has 2 aliphatic heterocycles. The number of sulfonamides is 1. The van der Waals surface area contributed by atoms with Gasteiger partial charge in [0, 0.05) is 19.6 Å². The number of piperidine rings is 1. The average Bonchev–Trinajstić information content (AvgIpc) is 2.78.